The summed E-state index contributed by atoms with van der Waals surface area (Å²) in [5.41, 5.74) is 2.08. The Bertz CT molecular complexity index is 861. The van der Waals surface area contributed by atoms with Gasteiger partial charge in [0.05, 0.1) is 12.2 Å². The van der Waals surface area contributed by atoms with Crippen LogP contribution in [0.5, 0.6) is 0 Å². The van der Waals surface area contributed by atoms with Gasteiger partial charge in [-0.1, -0.05) is 64.5 Å². The van der Waals surface area contributed by atoms with Gasteiger partial charge in [-0.3, -0.25) is 4.79 Å². The first-order valence-corrected chi connectivity index (χ1v) is 9.46. The average Bonchev–Trinajstić information content (AvgIpc) is 3.11. The normalized spacial score (nSPS) is 11.9. The molecule has 0 spiro atoms. The maximum Gasteiger partial charge on any atom is 0.220 e. The summed E-state index contributed by atoms with van der Waals surface area (Å²) in [5.74, 6) is 1.45. The van der Waals surface area contributed by atoms with E-state index in [4.69, 9.17) is 4.42 Å². The monoisotopic (exact) mass is 412 g/mol. The Morgan fingerprint density at radius 3 is 2.65 bits per heavy atom. The third-order valence-electron chi connectivity index (χ3n) is 4.16. The number of oxazole rings is 1. The highest BCUT2D eigenvalue weighted by Gasteiger charge is 2.12. The fourth-order valence-electron chi connectivity index (χ4n) is 2.78. The number of nitrogens with one attached hydrogen (secondary N) is 1. The third-order valence-corrected chi connectivity index (χ3v) is 4.88. The second kappa shape index (κ2) is 8.81. The number of amides is 1. The Morgan fingerprint density at radius 2 is 1.88 bits per heavy atom. The molecule has 0 radical (unpaired) electrons. The molecule has 1 amide bonds. The summed E-state index contributed by atoms with van der Waals surface area (Å²) in [5, 5.41) is 3.03. The van der Waals surface area contributed by atoms with Gasteiger partial charge in [-0.2, -0.15) is 0 Å². The maximum atomic E-state index is 12.2. The molecule has 1 N–H and O–H groups in total. The molecule has 2 aromatic carbocycles. The molecule has 0 aliphatic carbocycles. The number of hydrogen-bond donors (Lipinski definition) is 1. The van der Waals surface area contributed by atoms with Crippen LogP contribution in [0.15, 0.2) is 69.7 Å². The number of nitrogens with zero attached hydrogens (tertiary/aromatic N) is 1. The zero-order valence-electron chi connectivity index (χ0n) is 14.6. The highest BCUT2D eigenvalue weighted by Crippen LogP contribution is 2.23. The van der Waals surface area contributed by atoms with Crippen LogP contribution in [-0.2, 0) is 11.2 Å². The van der Waals surface area contributed by atoms with E-state index in [1.165, 1.54) is 0 Å². The highest BCUT2D eigenvalue weighted by atomic mass is 79.9. The summed E-state index contributed by atoms with van der Waals surface area (Å²) in [7, 11) is 0. The molecular formula is C21H21BrN2O2. The number of aromatic nitrogens is 1. The van der Waals surface area contributed by atoms with E-state index < -0.39 is 0 Å². The van der Waals surface area contributed by atoms with Crippen LogP contribution in [0.3, 0.4) is 0 Å². The van der Waals surface area contributed by atoms with E-state index in [1.807, 2.05) is 61.5 Å². The summed E-state index contributed by atoms with van der Waals surface area (Å²) in [6.45, 7) is 1.98. The van der Waals surface area contributed by atoms with Gasteiger partial charge in [-0.05, 0) is 25.0 Å². The van der Waals surface area contributed by atoms with Gasteiger partial charge < -0.3 is 9.73 Å². The lowest BCUT2D eigenvalue weighted by Crippen LogP contribution is -2.26. The van der Waals surface area contributed by atoms with Crippen molar-refractivity contribution in [3.8, 4) is 11.3 Å². The van der Waals surface area contributed by atoms with Crippen molar-refractivity contribution in [3.05, 3.63) is 76.7 Å². The van der Waals surface area contributed by atoms with Crippen molar-refractivity contribution < 1.29 is 9.21 Å². The molecule has 1 unspecified atom stereocenters. The van der Waals surface area contributed by atoms with Crippen molar-refractivity contribution in [2.45, 2.75) is 32.2 Å². The number of rotatable bonds is 7. The Balaban J connectivity index is 1.47. The fourth-order valence-corrected chi connectivity index (χ4v) is 3.41. The summed E-state index contributed by atoms with van der Waals surface area (Å²) in [4.78, 5) is 16.5. The average molecular weight is 413 g/mol. The number of halogens is 1. The van der Waals surface area contributed by atoms with E-state index >= 15 is 0 Å². The third kappa shape index (κ3) is 4.82. The van der Waals surface area contributed by atoms with Crippen molar-refractivity contribution >= 4 is 21.8 Å². The van der Waals surface area contributed by atoms with E-state index in [-0.39, 0.29) is 11.9 Å². The number of aryl methyl sites for hydroxylation is 1. The molecule has 3 aromatic rings. The van der Waals surface area contributed by atoms with E-state index in [0.29, 0.717) is 25.2 Å². The molecule has 134 valence electrons. The van der Waals surface area contributed by atoms with Crippen LogP contribution in [0.1, 0.15) is 37.3 Å². The summed E-state index contributed by atoms with van der Waals surface area (Å²) < 4.78 is 6.77. The van der Waals surface area contributed by atoms with Crippen LogP contribution in [0, 0.1) is 0 Å². The van der Waals surface area contributed by atoms with Crippen LogP contribution < -0.4 is 5.32 Å². The number of benzene rings is 2. The summed E-state index contributed by atoms with van der Waals surface area (Å²) >= 11 is 3.52. The molecule has 0 aliphatic heterocycles. The van der Waals surface area contributed by atoms with Gasteiger partial charge in [0.1, 0.15) is 0 Å². The second-order valence-electron chi connectivity index (χ2n) is 6.15. The molecule has 0 saturated heterocycles. The minimum Gasteiger partial charge on any atom is -0.441 e. The van der Waals surface area contributed by atoms with Gasteiger partial charge in [0, 0.05) is 22.9 Å². The molecule has 0 fully saturated rings. The van der Waals surface area contributed by atoms with Gasteiger partial charge in [-0.25, -0.2) is 4.98 Å². The lowest BCUT2D eigenvalue weighted by molar-refractivity contribution is -0.121. The quantitative estimate of drug-likeness (QED) is 0.572. The molecule has 3 rings (SSSR count). The Hall–Kier alpha value is -2.40. The standard InChI is InChI=1S/C21H21BrN2O2/c1-15(17-10-5-6-11-18(17)22)24-20(25)12-7-13-21-23-14-19(26-21)16-8-3-2-4-9-16/h2-6,8-11,14-15H,7,12-13H2,1H3,(H,24,25). The zero-order chi connectivity index (χ0) is 18.4. The molecule has 0 bridgehead atoms. The van der Waals surface area contributed by atoms with Gasteiger partial charge in [0.25, 0.3) is 0 Å². The first kappa shape index (κ1) is 18.4. The SMILES string of the molecule is CC(NC(=O)CCCc1ncc(-c2ccccc2)o1)c1ccccc1Br. The second-order valence-corrected chi connectivity index (χ2v) is 7.00. The molecule has 1 atom stereocenters. The lowest BCUT2D eigenvalue weighted by Gasteiger charge is -2.15. The molecule has 1 aromatic heterocycles. The van der Waals surface area contributed by atoms with Crippen molar-refractivity contribution in [2.24, 2.45) is 0 Å². The Morgan fingerprint density at radius 1 is 1.15 bits per heavy atom. The van der Waals surface area contributed by atoms with Crippen molar-refractivity contribution in [1.82, 2.24) is 10.3 Å². The molecule has 4 nitrogen and oxygen atoms in total. The van der Waals surface area contributed by atoms with Gasteiger partial charge >= 0.3 is 0 Å². The minimum absolute atomic E-state index is 0.0306. The van der Waals surface area contributed by atoms with Crippen LogP contribution in [-0.4, -0.2) is 10.9 Å². The zero-order valence-corrected chi connectivity index (χ0v) is 16.2. The largest absolute Gasteiger partial charge is 0.441 e. The van der Waals surface area contributed by atoms with Crippen molar-refractivity contribution in [2.75, 3.05) is 0 Å². The molecule has 0 saturated carbocycles. The van der Waals surface area contributed by atoms with Crippen LogP contribution in [0.2, 0.25) is 0 Å². The van der Waals surface area contributed by atoms with E-state index in [9.17, 15) is 4.79 Å². The molecule has 26 heavy (non-hydrogen) atoms. The maximum absolute atomic E-state index is 12.2. The Kier molecular flexibility index (Phi) is 6.23. The first-order chi connectivity index (χ1) is 12.6. The first-order valence-electron chi connectivity index (χ1n) is 8.67. The van der Waals surface area contributed by atoms with Crippen LogP contribution in [0.4, 0.5) is 0 Å². The van der Waals surface area contributed by atoms with Gasteiger partial charge in [-0.15, -0.1) is 0 Å². The van der Waals surface area contributed by atoms with E-state index in [0.717, 1.165) is 21.4 Å². The minimum atomic E-state index is -0.0375. The van der Waals surface area contributed by atoms with Crippen LogP contribution >= 0.6 is 15.9 Å². The smallest absolute Gasteiger partial charge is 0.220 e. The molecular weight excluding hydrogens is 392 g/mol. The van der Waals surface area contributed by atoms with E-state index in [2.05, 4.69) is 26.2 Å². The molecule has 5 heteroatoms. The predicted octanol–water partition coefficient (Wildman–Crippen LogP) is 5.30. The summed E-state index contributed by atoms with van der Waals surface area (Å²) in [6.07, 6.45) is 3.52. The fraction of sp³-hybridized carbons (Fsp3) is 0.238. The molecule has 0 aliphatic rings. The van der Waals surface area contributed by atoms with Gasteiger partial charge in [0.2, 0.25) is 5.91 Å². The van der Waals surface area contributed by atoms with Gasteiger partial charge in [0.15, 0.2) is 11.7 Å². The van der Waals surface area contributed by atoms with Crippen molar-refractivity contribution in [1.29, 1.82) is 0 Å². The van der Waals surface area contributed by atoms with Crippen molar-refractivity contribution in [3.63, 3.8) is 0 Å². The predicted molar refractivity (Wildman–Crippen MR) is 106 cm³/mol. The van der Waals surface area contributed by atoms with E-state index in [1.54, 1.807) is 6.20 Å². The number of carbonyl (C=O) groups is 1. The number of carbonyl (C=O) groups excluding carboxylic acids is 1. The topological polar surface area (TPSA) is 55.1 Å². The summed E-state index contributed by atoms with van der Waals surface area (Å²) in [6, 6.07) is 17.7. The highest BCUT2D eigenvalue weighted by molar-refractivity contribution is 9.10. The van der Waals surface area contributed by atoms with Crippen LogP contribution in [0.25, 0.3) is 11.3 Å². The number of hydrogen-bond acceptors (Lipinski definition) is 3. The molecule has 1 heterocycles. The lowest BCUT2D eigenvalue weighted by atomic mass is 10.1. The Labute approximate surface area is 161 Å².